The van der Waals surface area contributed by atoms with Gasteiger partial charge in [0.05, 0.1) is 22.7 Å². The third-order valence-corrected chi connectivity index (χ3v) is 5.51. The van der Waals surface area contributed by atoms with Crippen LogP contribution in [-0.2, 0) is 9.53 Å². The quantitative estimate of drug-likeness (QED) is 0.330. The van der Waals surface area contributed by atoms with E-state index in [2.05, 4.69) is 4.99 Å². The molecule has 1 fully saturated rings. The van der Waals surface area contributed by atoms with Gasteiger partial charge in [0.2, 0.25) is 0 Å². The monoisotopic (exact) mass is 487 g/mol. The molecule has 1 amide bonds. The number of amides is 1. The Morgan fingerprint density at radius 1 is 1.12 bits per heavy atom. The van der Waals surface area contributed by atoms with Crippen molar-refractivity contribution in [2.75, 3.05) is 11.4 Å². The minimum Gasteiger partial charge on any atom is -0.460 e. The van der Waals surface area contributed by atoms with Gasteiger partial charge in [-0.05, 0) is 63.9 Å². The summed E-state index contributed by atoms with van der Waals surface area (Å²) in [7, 11) is 0. The highest BCUT2D eigenvalue weighted by Gasteiger charge is 2.33. The predicted octanol–water partition coefficient (Wildman–Crippen LogP) is 3.39. The molecular formula is C24H30ClN5O4. The van der Waals surface area contributed by atoms with Crippen molar-refractivity contribution < 1.29 is 19.1 Å². The number of anilines is 1. The molecule has 34 heavy (non-hydrogen) atoms. The fourth-order valence-corrected chi connectivity index (χ4v) is 3.87. The highest BCUT2D eigenvalue weighted by molar-refractivity contribution is 6.32. The summed E-state index contributed by atoms with van der Waals surface area (Å²) in [6.07, 6.45) is 0.536. The van der Waals surface area contributed by atoms with Crippen LogP contribution in [0.4, 0.5) is 5.69 Å². The summed E-state index contributed by atoms with van der Waals surface area (Å²) in [4.78, 5) is 30.8. The molecule has 1 aliphatic rings. The zero-order chi connectivity index (χ0) is 25.0. The van der Waals surface area contributed by atoms with Gasteiger partial charge in [-0.15, -0.1) is 0 Å². The Morgan fingerprint density at radius 2 is 1.82 bits per heavy atom. The number of ether oxygens (including phenoxy) is 2. The normalized spacial score (nSPS) is 18.2. The largest absolute Gasteiger partial charge is 0.460 e. The summed E-state index contributed by atoms with van der Waals surface area (Å²) < 4.78 is 11.4. The Kier molecular flexibility index (Phi) is 7.68. The van der Waals surface area contributed by atoms with E-state index in [9.17, 15) is 9.59 Å². The maximum atomic E-state index is 12.8. The van der Waals surface area contributed by atoms with E-state index in [-0.39, 0.29) is 29.2 Å². The van der Waals surface area contributed by atoms with Crippen LogP contribution in [0.2, 0.25) is 5.02 Å². The van der Waals surface area contributed by atoms with Crippen molar-refractivity contribution in [3.05, 3.63) is 53.1 Å². The average Bonchev–Trinajstić information content (AvgIpc) is 2.74. The number of nitrogens with two attached hydrogens (primary N) is 3. The number of carbonyl (C=O) groups is 2. The minimum absolute atomic E-state index is 0.146. The number of aliphatic imine (C=N–C) groups is 1. The highest BCUT2D eigenvalue weighted by Crippen LogP contribution is 2.35. The molecule has 1 aliphatic heterocycles. The smallest absolute Gasteiger partial charge is 0.309 e. The number of benzene rings is 2. The number of hydrogen-bond acceptors (Lipinski definition) is 6. The van der Waals surface area contributed by atoms with Gasteiger partial charge in [-0.1, -0.05) is 23.7 Å². The Labute approximate surface area is 203 Å². The van der Waals surface area contributed by atoms with Crippen LogP contribution < -0.4 is 26.8 Å². The minimum atomic E-state index is -0.666. The fourth-order valence-electron chi connectivity index (χ4n) is 3.69. The number of nitrogens with zero attached hydrogens (tertiary/aromatic N) is 2. The maximum absolute atomic E-state index is 12.8. The van der Waals surface area contributed by atoms with Gasteiger partial charge in [-0.3, -0.25) is 9.59 Å². The number of rotatable bonds is 5. The van der Waals surface area contributed by atoms with E-state index in [4.69, 9.17) is 38.3 Å². The number of piperidine rings is 1. The summed E-state index contributed by atoms with van der Waals surface area (Å²) >= 11 is 6.20. The fraction of sp³-hybridized carbons (Fsp3) is 0.375. The second kappa shape index (κ2) is 10.3. The van der Waals surface area contributed by atoms with Crippen molar-refractivity contribution in [2.45, 2.75) is 45.4 Å². The van der Waals surface area contributed by atoms with Gasteiger partial charge in [0, 0.05) is 12.2 Å². The van der Waals surface area contributed by atoms with Crippen molar-refractivity contribution >= 4 is 35.1 Å². The van der Waals surface area contributed by atoms with Crippen LogP contribution in [0.25, 0.3) is 0 Å². The first kappa shape index (κ1) is 25.3. The first-order chi connectivity index (χ1) is 15.9. The molecule has 0 spiro atoms. The summed E-state index contributed by atoms with van der Waals surface area (Å²) in [5.74, 6) is -0.963. The summed E-state index contributed by atoms with van der Waals surface area (Å²) in [5, 5.41) is 0.387. The van der Waals surface area contributed by atoms with Crippen LogP contribution in [0, 0.1) is 5.92 Å². The van der Waals surface area contributed by atoms with Gasteiger partial charge in [0.15, 0.2) is 5.96 Å². The van der Waals surface area contributed by atoms with E-state index in [1.54, 1.807) is 42.5 Å². The molecule has 0 saturated carbocycles. The first-order valence-electron chi connectivity index (χ1n) is 10.9. The molecule has 0 aromatic heterocycles. The van der Waals surface area contributed by atoms with Crippen LogP contribution in [0.5, 0.6) is 11.5 Å². The molecule has 2 aromatic rings. The number of esters is 1. The Bertz CT molecular complexity index is 1100. The lowest BCUT2D eigenvalue weighted by molar-refractivity contribution is -0.161. The van der Waals surface area contributed by atoms with Crippen LogP contribution >= 0.6 is 11.6 Å². The standard InChI is InChI=1S/C24H30ClN5O4/c1-24(2,3)34-22(32)14-10-11-30(20(26)12-14)15-8-9-18(16(13-15)21(31)29-23(27)28)33-19-7-5-4-6-17(19)25/h4-9,13-14,20H,10-12,26H2,1-3H3,(H4,27,28,29,31). The second-order valence-corrected chi connectivity index (χ2v) is 9.48. The number of halogens is 1. The van der Waals surface area contributed by atoms with Crippen LogP contribution in [0.15, 0.2) is 47.5 Å². The zero-order valence-corrected chi connectivity index (χ0v) is 20.2. The molecule has 182 valence electrons. The van der Waals surface area contributed by atoms with Gasteiger partial charge in [0.1, 0.15) is 17.1 Å². The van der Waals surface area contributed by atoms with Crippen LogP contribution in [0.3, 0.4) is 0 Å². The SMILES string of the molecule is CC(C)(C)OC(=O)C1CCN(c2ccc(Oc3ccccc3Cl)c(C(=O)N=C(N)N)c2)C(N)C1. The molecule has 1 saturated heterocycles. The molecule has 1 heterocycles. The molecule has 3 rings (SSSR count). The van der Waals surface area contributed by atoms with Crippen molar-refractivity contribution in [3.8, 4) is 11.5 Å². The van der Waals surface area contributed by atoms with E-state index in [1.165, 1.54) is 0 Å². The lowest BCUT2D eigenvalue weighted by Crippen LogP contribution is -2.50. The molecular weight excluding hydrogens is 458 g/mol. The Morgan fingerprint density at radius 3 is 2.44 bits per heavy atom. The summed E-state index contributed by atoms with van der Waals surface area (Å²) in [6, 6.07) is 11.9. The molecule has 10 heteroatoms. The van der Waals surface area contributed by atoms with Gasteiger partial charge < -0.3 is 31.6 Å². The third kappa shape index (κ3) is 6.39. The topological polar surface area (TPSA) is 146 Å². The Hall–Kier alpha value is -3.30. The van der Waals surface area contributed by atoms with Crippen molar-refractivity contribution in [2.24, 2.45) is 28.1 Å². The van der Waals surface area contributed by atoms with Gasteiger partial charge in [-0.25, -0.2) is 0 Å². The zero-order valence-electron chi connectivity index (χ0n) is 19.5. The molecule has 2 unspecified atom stereocenters. The highest BCUT2D eigenvalue weighted by atomic mass is 35.5. The molecule has 6 N–H and O–H groups in total. The van der Waals surface area contributed by atoms with Crippen LogP contribution in [-0.4, -0.2) is 36.1 Å². The van der Waals surface area contributed by atoms with E-state index in [0.29, 0.717) is 35.8 Å². The predicted molar refractivity (Wildman–Crippen MR) is 132 cm³/mol. The summed E-state index contributed by atoms with van der Waals surface area (Å²) in [6.45, 7) is 6.01. The van der Waals surface area contributed by atoms with Gasteiger partial charge >= 0.3 is 5.97 Å². The average molecular weight is 488 g/mol. The molecule has 0 radical (unpaired) electrons. The lowest BCUT2D eigenvalue weighted by Gasteiger charge is -2.39. The second-order valence-electron chi connectivity index (χ2n) is 9.07. The number of para-hydroxylation sites is 1. The number of guanidine groups is 1. The third-order valence-electron chi connectivity index (χ3n) is 5.20. The van der Waals surface area contributed by atoms with E-state index in [1.807, 2.05) is 25.7 Å². The number of hydrogen-bond donors (Lipinski definition) is 3. The summed E-state index contributed by atoms with van der Waals surface area (Å²) in [5.41, 5.74) is 17.5. The molecule has 0 bridgehead atoms. The van der Waals surface area contributed by atoms with E-state index < -0.39 is 17.7 Å². The van der Waals surface area contributed by atoms with E-state index in [0.717, 1.165) is 0 Å². The Balaban J connectivity index is 1.86. The number of carbonyl (C=O) groups excluding carboxylic acids is 2. The molecule has 9 nitrogen and oxygen atoms in total. The van der Waals surface area contributed by atoms with Gasteiger partial charge in [-0.2, -0.15) is 4.99 Å². The first-order valence-corrected chi connectivity index (χ1v) is 11.3. The molecule has 2 atom stereocenters. The van der Waals surface area contributed by atoms with Crippen LogP contribution in [0.1, 0.15) is 44.0 Å². The van der Waals surface area contributed by atoms with Gasteiger partial charge in [0.25, 0.3) is 5.91 Å². The van der Waals surface area contributed by atoms with E-state index >= 15 is 0 Å². The molecule has 0 aliphatic carbocycles. The van der Waals surface area contributed by atoms with Crippen molar-refractivity contribution in [1.82, 2.24) is 0 Å². The van der Waals surface area contributed by atoms with Crippen molar-refractivity contribution in [3.63, 3.8) is 0 Å². The maximum Gasteiger partial charge on any atom is 0.309 e. The molecule has 2 aromatic carbocycles. The van der Waals surface area contributed by atoms with Crippen molar-refractivity contribution in [1.29, 1.82) is 0 Å². The lowest BCUT2D eigenvalue weighted by atomic mass is 9.93.